The molecule has 0 spiro atoms. The van der Waals surface area contributed by atoms with Gasteiger partial charge in [-0.2, -0.15) is 0 Å². The first-order valence-corrected chi connectivity index (χ1v) is 12.0. The first kappa shape index (κ1) is 24.1. The van der Waals surface area contributed by atoms with Crippen molar-refractivity contribution in [1.29, 1.82) is 0 Å². The number of aryl methyl sites for hydroxylation is 2. The Morgan fingerprint density at radius 1 is 1.12 bits per heavy atom. The van der Waals surface area contributed by atoms with Crippen molar-refractivity contribution in [3.8, 4) is 22.6 Å². The summed E-state index contributed by atoms with van der Waals surface area (Å²) in [5.41, 5.74) is 3.38. The second-order valence-corrected chi connectivity index (χ2v) is 10.3. The summed E-state index contributed by atoms with van der Waals surface area (Å²) in [6.45, 7) is 3.07. The van der Waals surface area contributed by atoms with Crippen LogP contribution < -0.4 is 15.8 Å². The maximum Gasteiger partial charge on any atom is 0.264 e. The standard InChI is InChI=1S/C23H25N3O6S/c1-16-14-20(8-11-24-16)32-19-6-4-17(5-7-19)18-9-12-26(21(27)15-18)13-10-23(2,22(28)25-29)33(3,30)31/h4-9,11-12,14-15,29H,10,13H2,1-3H3,(H,25,28). The van der Waals surface area contributed by atoms with E-state index in [1.807, 2.05) is 25.1 Å². The quantitative estimate of drug-likeness (QED) is 0.382. The Morgan fingerprint density at radius 2 is 1.82 bits per heavy atom. The van der Waals surface area contributed by atoms with E-state index in [0.717, 1.165) is 17.5 Å². The highest BCUT2D eigenvalue weighted by molar-refractivity contribution is 7.92. The lowest BCUT2D eigenvalue weighted by atomic mass is 10.1. The SMILES string of the molecule is Cc1cc(Oc2ccc(-c3ccn(CCC(C)(C(=O)NO)S(C)(=O)=O)c(=O)c3)cc2)ccn1. The van der Waals surface area contributed by atoms with Crippen molar-refractivity contribution in [2.45, 2.75) is 31.6 Å². The second-order valence-electron chi connectivity index (χ2n) is 7.90. The van der Waals surface area contributed by atoms with Gasteiger partial charge in [-0.15, -0.1) is 0 Å². The number of amides is 1. The van der Waals surface area contributed by atoms with Crippen LogP contribution in [-0.2, 0) is 21.2 Å². The van der Waals surface area contributed by atoms with Gasteiger partial charge in [0.05, 0.1) is 0 Å². The van der Waals surface area contributed by atoms with Gasteiger partial charge in [0.1, 0.15) is 11.5 Å². The first-order chi connectivity index (χ1) is 15.5. The Labute approximate surface area is 191 Å². The summed E-state index contributed by atoms with van der Waals surface area (Å²) in [6.07, 6.45) is 3.94. The fraction of sp³-hybridized carbons (Fsp3) is 0.261. The zero-order chi connectivity index (χ0) is 24.2. The minimum absolute atomic E-state index is 0.0196. The largest absolute Gasteiger partial charge is 0.457 e. The minimum atomic E-state index is -3.84. The van der Waals surface area contributed by atoms with Crippen molar-refractivity contribution >= 4 is 15.7 Å². The van der Waals surface area contributed by atoms with Crippen LogP contribution >= 0.6 is 0 Å². The van der Waals surface area contributed by atoms with Gasteiger partial charge in [0.2, 0.25) is 0 Å². The van der Waals surface area contributed by atoms with Crippen LogP contribution in [0.15, 0.2) is 65.7 Å². The number of nitrogens with zero attached hydrogens (tertiary/aromatic N) is 2. The number of sulfone groups is 1. The third kappa shape index (κ3) is 5.47. The molecule has 0 aliphatic carbocycles. The lowest BCUT2D eigenvalue weighted by molar-refractivity contribution is -0.131. The number of pyridine rings is 2. The van der Waals surface area contributed by atoms with E-state index < -0.39 is 20.5 Å². The fourth-order valence-electron chi connectivity index (χ4n) is 3.23. The molecule has 2 N–H and O–H groups in total. The van der Waals surface area contributed by atoms with Gasteiger partial charge < -0.3 is 9.30 Å². The number of hydroxylamine groups is 1. The zero-order valence-electron chi connectivity index (χ0n) is 18.5. The Hall–Kier alpha value is -3.50. The summed E-state index contributed by atoms with van der Waals surface area (Å²) in [5, 5.41) is 8.92. The van der Waals surface area contributed by atoms with Crippen molar-refractivity contribution < 1.29 is 23.2 Å². The maximum atomic E-state index is 12.6. The molecule has 0 fully saturated rings. The number of ether oxygens (including phenoxy) is 1. The maximum absolute atomic E-state index is 12.6. The van der Waals surface area contributed by atoms with Crippen LogP contribution in [0.1, 0.15) is 19.0 Å². The summed E-state index contributed by atoms with van der Waals surface area (Å²) in [7, 11) is -3.84. The van der Waals surface area contributed by atoms with Crippen LogP contribution in [0.25, 0.3) is 11.1 Å². The predicted molar refractivity (Wildman–Crippen MR) is 123 cm³/mol. The highest BCUT2D eigenvalue weighted by Crippen LogP contribution is 2.26. The molecule has 2 heterocycles. The Morgan fingerprint density at radius 3 is 2.39 bits per heavy atom. The van der Waals surface area contributed by atoms with E-state index in [0.29, 0.717) is 17.1 Å². The third-order valence-electron chi connectivity index (χ3n) is 5.52. The van der Waals surface area contributed by atoms with E-state index >= 15 is 0 Å². The molecule has 9 nitrogen and oxygen atoms in total. The number of hydrogen-bond acceptors (Lipinski definition) is 7. The van der Waals surface area contributed by atoms with Gasteiger partial charge in [-0.25, -0.2) is 13.9 Å². The summed E-state index contributed by atoms with van der Waals surface area (Å²) in [6, 6.07) is 14.0. The van der Waals surface area contributed by atoms with Crippen LogP contribution in [0.4, 0.5) is 0 Å². The average Bonchev–Trinajstić information content (AvgIpc) is 2.77. The molecule has 0 saturated heterocycles. The number of hydrogen-bond donors (Lipinski definition) is 2. The van der Waals surface area contributed by atoms with Gasteiger partial charge in [0.25, 0.3) is 11.5 Å². The van der Waals surface area contributed by atoms with Gasteiger partial charge in [0, 0.05) is 43.0 Å². The molecule has 3 aromatic rings. The van der Waals surface area contributed by atoms with Gasteiger partial charge in [0.15, 0.2) is 14.6 Å². The highest BCUT2D eigenvalue weighted by Gasteiger charge is 2.43. The molecule has 0 bridgehead atoms. The van der Waals surface area contributed by atoms with Gasteiger partial charge >= 0.3 is 0 Å². The van der Waals surface area contributed by atoms with Crippen molar-refractivity contribution in [3.63, 3.8) is 0 Å². The van der Waals surface area contributed by atoms with Crippen molar-refractivity contribution in [3.05, 3.63) is 77.0 Å². The normalized spacial score (nSPS) is 13.2. The number of carbonyl (C=O) groups is 1. The highest BCUT2D eigenvalue weighted by atomic mass is 32.2. The Bertz CT molecular complexity index is 1320. The Balaban J connectivity index is 1.75. The minimum Gasteiger partial charge on any atom is -0.457 e. The number of aromatic nitrogens is 2. The monoisotopic (exact) mass is 471 g/mol. The van der Waals surface area contributed by atoms with E-state index in [-0.39, 0.29) is 18.5 Å². The molecule has 3 rings (SSSR count). The van der Waals surface area contributed by atoms with Gasteiger partial charge in [-0.05, 0) is 55.7 Å². The van der Waals surface area contributed by atoms with E-state index in [1.165, 1.54) is 23.0 Å². The van der Waals surface area contributed by atoms with Crippen molar-refractivity contribution in [1.82, 2.24) is 15.0 Å². The van der Waals surface area contributed by atoms with Crippen molar-refractivity contribution in [2.75, 3.05) is 6.26 Å². The molecule has 0 saturated carbocycles. The summed E-state index contributed by atoms with van der Waals surface area (Å²) in [4.78, 5) is 28.7. The predicted octanol–water partition coefficient (Wildman–Crippen LogP) is 2.71. The number of benzene rings is 1. The van der Waals surface area contributed by atoms with Crippen LogP contribution in [0, 0.1) is 6.92 Å². The molecule has 0 aliphatic rings. The second kappa shape index (κ2) is 9.55. The summed E-state index contributed by atoms with van der Waals surface area (Å²) in [5.74, 6) is 0.271. The molecular formula is C23H25N3O6S. The molecule has 0 aliphatic heterocycles. The Kier molecular flexibility index (Phi) is 6.99. The molecule has 33 heavy (non-hydrogen) atoms. The lowest BCUT2D eigenvalue weighted by Gasteiger charge is -2.25. The van der Waals surface area contributed by atoms with Gasteiger partial charge in [-0.1, -0.05) is 12.1 Å². The van der Waals surface area contributed by atoms with Gasteiger partial charge in [-0.3, -0.25) is 19.8 Å². The molecule has 1 amide bonds. The topological polar surface area (TPSA) is 128 Å². The lowest BCUT2D eigenvalue weighted by Crippen LogP contribution is -2.49. The third-order valence-corrected chi connectivity index (χ3v) is 7.54. The van der Waals surface area contributed by atoms with Crippen LogP contribution in [0.2, 0.25) is 0 Å². The molecule has 10 heteroatoms. The summed E-state index contributed by atoms with van der Waals surface area (Å²) >= 11 is 0. The average molecular weight is 472 g/mol. The van der Waals surface area contributed by atoms with Crippen molar-refractivity contribution in [2.24, 2.45) is 0 Å². The van der Waals surface area contributed by atoms with Crippen LogP contribution in [0.5, 0.6) is 11.5 Å². The van der Waals surface area contributed by atoms with E-state index in [4.69, 9.17) is 9.94 Å². The smallest absolute Gasteiger partial charge is 0.264 e. The molecule has 2 aromatic heterocycles. The molecular weight excluding hydrogens is 446 g/mol. The number of nitrogens with one attached hydrogen (secondary N) is 1. The van der Waals surface area contributed by atoms with Crippen LogP contribution in [0.3, 0.4) is 0 Å². The van der Waals surface area contributed by atoms with Crippen LogP contribution in [-0.4, -0.2) is 40.1 Å². The first-order valence-electron chi connectivity index (χ1n) is 10.1. The number of carbonyl (C=O) groups excluding carboxylic acids is 1. The molecule has 174 valence electrons. The number of rotatable bonds is 8. The fourth-order valence-corrected chi connectivity index (χ4v) is 4.07. The molecule has 0 radical (unpaired) electrons. The zero-order valence-corrected chi connectivity index (χ0v) is 19.3. The molecule has 1 aromatic carbocycles. The van der Waals surface area contributed by atoms with E-state index in [2.05, 4.69) is 4.98 Å². The van der Waals surface area contributed by atoms with E-state index in [1.54, 1.807) is 36.7 Å². The summed E-state index contributed by atoms with van der Waals surface area (Å²) < 4.78 is 29.4. The van der Waals surface area contributed by atoms with E-state index in [9.17, 15) is 18.0 Å². The molecule has 1 atom stereocenters. The molecule has 1 unspecified atom stereocenters.